The van der Waals surface area contributed by atoms with Crippen LogP contribution in [0.2, 0.25) is 5.02 Å². The van der Waals surface area contributed by atoms with Crippen LogP contribution in [0.15, 0.2) is 12.1 Å². The van der Waals surface area contributed by atoms with Crippen LogP contribution in [0, 0.1) is 5.92 Å². The topological polar surface area (TPSA) is 60.2 Å². The predicted molar refractivity (Wildman–Crippen MR) is 64.1 cm³/mol. The molecular weight excluding hydrogens is 226 g/mol. The normalized spacial score (nSPS) is 15.1. The van der Waals surface area contributed by atoms with Gasteiger partial charge in [0.25, 0.3) is 0 Å². The average molecular weight is 242 g/mol. The molecule has 4 nitrogen and oxygen atoms in total. The fourth-order valence-electron chi connectivity index (χ4n) is 1.49. The monoisotopic (exact) mass is 241 g/mol. The molecule has 0 unspecified atom stereocenters. The van der Waals surface area contributed by atoms with Gasteiger partial charge in [-0.25, -0.2) is 10.8 Å². The molecular formula is C11H16ClN3O. The molecule has 1 aromatic rings. The second-order valence-electron chi connectivity index (χ2n) is 4.05. The maximum Gasteiger partial charge on any atom is 0.140 e. The summed E-state index contributed by atoms with van der Waals surface area (Å²) >= 11 is 6.00. The Hall–Kier alpha value is -0.840. The molecule has 5 heteroatoms. The van der Waals surface area contributed by atoms with Gasteiger partial charge in [-0.3, -0.25) is 0 Å². The van der Waals surface area contributed by atoms with Crippen LogP contribution in [0.25, 0.3) is 0 Å². The van der Waals surface area contributed by atoms with Crippen LogP contribution >= 0.6 is 11.6 Å². The van der Waals surface area contributed by atoms with Crippen molar-refractivity contribution in [1.29, 1.82) is 0 Å². The average Bonchev–Trinajstić information content (AvgIpc) is 3.10. The lowest BCUT2D eigenvalue weighted by molar-refractivity contribution is 0.113. The summed E-state index contributed by atoms with van der Waals surface area (Å²) < 4.78 is 5.54. The van der Waals surface area contributed by atoms with Crippen molar-refractivity contribution in [3.63, 3.8) is 0 Å². The Labute approximate surface area is 100 Å². The van der Waals surface area contributed by atoms with E-state index in [4.69, 9.17) is 22.2 Å². The van der Waals surface area contributed by atoms with Crippen molar-refractivity contribution in [2.75, 3.05) is 12.0 Å². The van der Waals surface area contributed by atoms with Crippen LogP contribution in [0.3, 0.4) is 0 Å². The van der Waals surface area contributed by atoms with Crippen LogP contribution < -0.4 is 11.3 Å². The number of nitrogen functional groups attached to an aromatic ring is 1. The molecule has 3 N–H and O–H groups in total. The maximum absolute atomic E-state index is 6.00. The van der Waals surface area contributed by atoms with E-state index in [1.807, 2.05) is 0 Å². The maximum atomic E-state index is 6.00. The summed E-state index contributed by atoms with van der Waals surface area (Å²) in [6, 6.07) is 3.50. The van der Waals surface area contributed by atoms with E-state index < -0.39 is 0 Å². The third kappa shape index (κ3) is 3.33. The van der Waals surface area contributed by atoms with Gasteiger partial charge in [0.05, 0.1) is 17.3 Å². The molecule has 16 heavy (non-hydrogen) atoms. The Morgan fingerprint density at radius 2 is 2.31 bits per heavy atom. The van der Waals surface area contributed by atoms with Crippen molar-refractivity contribution < 1.29 is 4.74 Å². The summed E-state index contributed by atoms with van der Waals surface area (Å²) in [5.74, 6) is 6.77. The summed E-state index contributed by atoms with van der Waals surface area (Å²) in [6.45, 7) is 1.23. The van der Waals surface area contributed by atoms with E-state index in [0.29, 0.717) is 17.4 Å². The van der Waals surface area contributed by atoms with E-state index in [0.717, 1.165) is 24.6 Å². The first-order chi connectivity index (χ1) is 7.79. The van der Waals surface area contributed by atoms with Gasteiger partial charge >= 0.3 is 0 Å². The Balaban J connectivity index is 1.81. The first kappa shape index (κ1) is 11.6. The van der Waals surface area contributed by atoms with Gasteiger partial charge < -0.3 is 10.2 Å². The number of nitrogens with zero attached hydrogens (tertiary/aromatic N) is 1. The van der Waals surface area contributed by atoms with Crippen molar-refractivity contribution >= 4 is 17.4 Å². The summed E-state index contributed by atoms with van der Waals surface area (Å²) in [4.78, 5) is 4.23. The van der Waals surface area contributed by atoms with Crippen LogP contribution in [0.4, 0.5) is 5.82 Å². The third-order valence-electron chi connectivity index (χ3n) is 2.67. The minimum absolute atomic E-state index is 0.446. The number of aromatic nitrogens is 1. The van der Waals surface area contributed by atoms with Gasteiger partial charge in [-0.1, -0.05) is 24.4 Å². The number of nitrogens with one attached hydrogen (secondary N) is 1. The zero-order chi connectivity index (χ0) is 11.4. The quantitative estimate of drug-likeness (QED) is 0.456. The number of hydrogen-bond donors (Lipinski definition) is 2. The van der Waals surface area contributed by atoms with Crippen molar-refractivity contribution in [3.05, 3.63) is 22.8 Å². The molecule has 2 rings (SSSR count). The molecule has 88 valence electrons. The largest absolute Gasteiger partial charge is 0.375 e. The van der Waals surface area contributed by atoms with Crippen LogP contribution in [-0.4, -0.2) is 11.6 Å². The Bertz CT molecular complexity index is 355. The molecule has 0 atom stereocenters. The van der Waals surface area contributed by atoms with E-state index >= 15 is 0 Å². The summed E-state index contributed by atoms with van der Waals surface area (Å²) in [5.41, 5.74) is 3.22. The Morgan fingerprint density at radius 1 is 1.50 bits per heavy atom. The van der Waals surface area contributed by atoms with Crippen LogP contribution in [0.5, 0.6) is 0 Å². The SMILES string of the molecule is NNc1ccc(Cl)c(COCCC2CC2)n1. The minimum Gasteiger partial charge on any atom is -0.375 e. The van der Waals surface area contributed by atoms with Crippen molar-refractivity contribution in [1.82, 2.24) is 4.98 Å². The lowest BCUT2D eigenvalue weighted by Gasteiger charge is -2.07. The van der Waals surface area contributed by atoms with Gasteiger partial charge in [-0.15, -0.1) is 0 Å². The third-order valence-corrected chi connectivity index (χ3v) is 3.02. The number of hydrazine groups is 1. The summed E-state index contributed by atoms with van der Waals surface area (Å²) in [7, 11) is 0. The highest BCUT2D eigenvalue weighted by Crippen LogP contribution is 2.32. The number of ether oxygens (including phenoxy) is 1. The molecule has 1 aliphatic carbocycles. The second-order valence-corrected chi connectivity index (χ2v) is 4.46. The van der Waals surface area contributed by atoms with E-state index in [1.165, 1.54) is 12.8 Å². The molecule has 0 radical (unpaired) electrons. The second kappa shape index (κ2) is 5.48. The lowest BCUT2D eigenvalue weighted by Crippen LogP contribution is -2.10. The molecule has 0 spiro atoms. The number of nitrogens with two attached hydrogens (primary N) is 1. The molecule has 1 fully saturated rings. The Kier molecular flexibility index (Phi) is 3.98. The molecule has 0 aliphatic heterocycles. The number of pyridine rings is 1. The summed E-state index contributed by atoms with van der Waals surface area (Å²) in [5, 5.41) is 0.616. The van der Waals surface area contributed by atoms with Crippen molar-refractivity contribution in [2.45, 2.75) is 25.9 Å². The molecule has 0 aromatic carbocycles. The number of anilines is 1. The summed E-state index contributed by atoms with van der Waals surface area (Å²) in [6.07, 6.45) is 3.86. The van der Waals surface area contributed by atoms with Crippen LogP contribution in [-0.2, 0) is 11.3 Å². The number of rotatable bonds is 6. The lowest BCUT2D eigenvalue weighted by atomic mass is 10.3. The van der Waals surface area contributed by atoms with Gasteiger partial charge in [-0.2, -0.15) is 0 Å². The fraction of sp³-hybridized carbons (Fsp3) is 0.545. The molecule has 0 saturated heterocycles. The highest BCUT2D eigenvalue weighted by molar-refractivity contribution is 6.31. The van der Waals surface area contributed by atoms with Gasteiger partial charge in [-0.05, 0) is 24.5 Å². The van der Waals surface area contributed by atoms with Crippen molar-refractivity contribution in [3.8, 4) is 0 Å². The van der Waals surface area contributed by atoms with Crippen molar-refractivity contribution in [2.24, 2.45) is 11.8 Å². The highest BCUT2D eigenvalue weighted by atomic mass is 35.5. The molecule has 1 aromatic heterocycles. The highest BCUT2D eigenvalue weighted by Gasteiger charge is 2.20. The Morgan fingerprint density at radius 3 is 3.00 bits per heavy atom. The van der Waals surface area contributed by atoms with E-state index in [2.05, 4.69) is 10.4 Å². The fourth-order valence-corrected chi connectivity index (χ4v) is 1.65. The predicted octanol–water partition coefficient (Wildman–Crippen LogP) is 2.34. The minimum atomic E-state index is 0.446. The van der Waals surface area contributed by atoms with Gasteiger partial charge in [0.2, 0.25) is 0 Å². The van der Waals surface area contributed by atoms with E-state index in [1.54, 1.807) is 12.1 Å². The molecule has 1 heterocycles. The van der Waals surface area contributed by atoms with Gasteiger partial charge in [0, 0.05) is 6.61 Å². The zero-order valence-electron chi connectivity index (χ0n) is 9.08. The number of halogens is 1. The van der Waals surface area contributed by atoms with Crippen LogP contribution in [0.1, 0.15) is 25.0 Å². The zero-order valence-corrected chi connectivity index (χ0v) is 9.83. The molecule has 1 saturated carbocycles. The first-order valence-corrected chi connectivity index (χ1v) is 5.87. The van der Waals surface area contributed by atoms with E-state index in [-0.39, 0.29) is 0 Å². The van der Waals surface area contributed by atoms with Gasteiger partial charge in [0.15, 0.2) is 0 Å². The molecule has 0 bridgehead atoms. The smallest absolute Gasteiger partial charge is 0.140 e. The molecule has 1 aliphatic rings. The standard InChI is InChI=1S/C11H16ClN3O/c12-9-3-4-11(15-13)14-10(9)7-16-6-5-8-1-2-8/h3-4,8H,1-2,5-7,13H2,(H,14,15). The molecule has 0 amide bonds. The van der Waals surface area contributed by atoms with Gasteiger partial charge in [0.1, 0.15) is 5.82 Å². The van der Waals surface area contributed by atoms with E-state index in [9.17, 15) is 0 Å². The first-order valence-electron chi connectivity index (χ1n) is 5.49. The number of hydrogen-bond acceptors (Lipinski definition) is 4.